The highest BCUT2D eigenvalue weighted by Crippen LogP contribution is 2.31. The second kappa shape index (κ2) is 11.3. The molecule has 0 aliphatic carbocycles. The average molecular weight is 424 g/mol. The van der Waals surface area contributed by atoms with Crippen LogP contribution in [0.25, 0.3) is 0 Å². The number of nitrogens with zero attached hydrogens (tertiary/aromatic N) is 1. The third-order valence-corrected chi connectivity index (χ3v) is 4.42. The van der Waals surface area contributed by atoms with Crippen molar-refractivity contribution in [3.8, 4) is 0 Å². The molecule has 0 spiro atoms. The van der Waals surface area contributed by atoms with Crippen molar-refractivity contribution in [2.75, 3.05) is 19.6 Å². The van der Waals surface area contributed by atoms with Crippen molar-refractivity contribution in [3.63, 3.8) is 0 Å². The minimum absolute atomic E-state index is 0.0563. The Balaban J connectivity index is 1.82. The van der Waals surface area contributed by atoms with Gasteiger partial charge in [-0.2, -0.15) is 13.2 Å². The van der Waals surface area contributed by atoms with Crippen LogP contribution in [0.1, 0.15) is 43.1 Å². The summed E-state index contributed by atoms with van der Waals surface area (Å²) in [6.07, 6.45) is -2.21. The van der Waals surface area contributed by atoms with E-state index in [1.807, 2.05) is 13.8 Å². The average Bonchev–Trinajstić information content (AvgIpc) is 3.23. The molecule has 1 amide bonds. The second-order valence-electron chi connectivity index (χ2n) is 6.79. The molecule has 6 nitrogen and oxygen atoms in total. The molecule has 3 N–H and O–H groups in total. The van der Waals surface area contributed by atoms with E-state index in [0.29, 0.717) is 43.3 Å². The van der Waals surface area contributed by atoms with Gasteiger partial charge in [-0.1, -0.05) is 25.1 Å². The first kappa shape index (κ1) is 23.3. The van der Waals surface area contributed by atoms with E-state index in [4.69, 9.17) is 4.42 Å². The number of guanidine groups is 1. The summed E-state index contributed by atoms with van der Waals surface area (Å²) in [5.41, 5.74) is -0.0128. The van der Waals surface area contributed by atoms with Crippen LogP contribution in [0.3, 0.4) is 0 Å². The predicted molar refractivity (Wildman–Crippen MR) is 109 cm³/mol. The van der Waals surface area contributed by atoms with E-state index in [2.05, 4.69) is 20.9 Å². The van der Waals surface area contributed by atoms with Crippen LogP contribution in [-0.2, 0) is 17.5 Å². The molecule has 2 rings (SSSR count). The number of hydrogen-bond acceptors (Lipinski definition) is 3. The molecule has 0 bridgehead atoms. The van der Waals surface area contributed by atoms with Crippen molar-refractivity contribution in [1.82, 2.24) is 16.0 Å². The predicted octanol–water partition coefficient (Wildman–Crippen LogP) is 3.66. The number of hydrogen-bond donors (Lipinski definition) is 3. The van der Waals surface area contributed by atoms with Crippen molar-refractivity contribution in [2.24, 2.45) is 4.99 Å². The maximum Gasteiger partial charge on any atom is 0.416 e. The highest BCUT2D eigenvalue weighted by molar-refractivity contribution is 5.84. The Morgan fingerprint density at radius 2 is 1.97 bits per heavy atom. The van der Waals surface area contributed by atoms with Crippen LogP contribution < -0.4 is 16.0 Å². The minimum atomic E-state index is -4.35. The molecule has 1 atom stereocenters. The molecular weight excluding hydrogens is 397 g/mol. The molecule has 0 aliphatic rings. The molecule has 0 saturated carbocycles. The van der Waals surface area contributed by atoms with E-state index in [-0.39, 0.29) is 18.4 Å². The number of halogens is 3. The first-order valence-corrected chi connectivity index (χ1v) is 9.78. The molecule has 0 aliphatic heterocycles. The third-order valence-electron chi connectivity index (χ3n) is 4.42. The number of benzene rings is 1. The standard InChI is InChI=1S/C21H27F3N4O2/c1-3-25-20(28-14-19(29)27-13-18-8-5-11-30-18)26-10-9-15(2)16-6-4-7-17(12-16)21(22,23)24/h4-8,11-12,15H,3,9-10,13-14H2,1-2H3,(H,27,29)(H2,25,26,28). The van der Waals surface area contributed by atoms with Crippen LogP contribution in [0.15, 0.2) is 52.1 Å². The molecule has 0 fully saturated rings. The van der Waals surface area contributed by atoms with Gasteiger partial charge in [-0.05, 0) is 43.0 Å². The minimum Gasteiger partial charge on any atom is -0.467 e. The van der Waals surface area contributed by atoms with Crippen molar-refractivity contribution >= 4 is 11.9 Å². The Kier molecular flexibility index (Phi) is 8.76. The van der Waals surface area contributed by atoms with Crippen molar-refractivity contribution in [2.45, 2.75) is 38.9 Å². The van der Waals surface area contributed by atoms with Crippen LogP contribution in [-0.4, -0.2) is 31.5 Å². The van der Waals surface area contributed by atoms with Gasteiger partial charge in [0.15, 0.2) is 5.96 Å². The van der Waals surface area contributed by atoms with Gasteiger partial charge in [-0.25, -0.2) is 4.99 Å². The molecule has 164 valence electrons. The third kappa shape index (κ3) is 7.81. The van der Waals surface area contributed by atoms with Crippen LogP contribution >= 0.6 is 0 Å². The summed E-state index contributed by atoms with van der Waals surface area (Å²) in [4.78, 5) is 16.2. The number of rotatable bonds is 9. The van der Waals surface area contributed by atoms with Crippen molar-refractivity contribution in [1.29, 1.82) is 0 Å². The number of carbonyl (C=O) groups excluding carboxylic acids is 1. The summed E-state index contributed by atoms with van der Waals surface area (Å²) in [7, 11) is 0. The van der Waals surface area contributed by atoms with Crippen LogP contribution in [0.5, 0.6) is 0 Å². The van der Waals surface area contributed by atoms with E-state index >= 15 is 0 Å². The maximum atomic E-state index is 12.9. The van der Waals surface area contributed by atoms with E-state index < -0.39 is 11.7 Å². The molecule has 2 aromatic rings. The summed E-state index contributed by atoms with van der Waals surface area (Å²) in [5, 5.41) is 8.86. The zero-order valence-electron chi connectivity index (χ0n) is 17.1. The van der Waals surface area contributed by atoms with Gasteiger partial charge in [0.25, 0.3) is 0 Å². The van der Waals surface area contributed by atoms with E-state index in [1.165, 1.54) is 18.4 Å². The Labute approximate surface area is 174 Å². The molecular formula is C21H27F3N4O2. The SMILES string of the molecule is CCNC(=NCC(=O)NCc1ccco1)NCCC(C)c1cccc(C(F)(F)F)c1. The van der Waals surface area contributed by atoms with E-state index in [1.54, 1.807) is 18.2 Å². The van der Waals surface area contributed by atoms with Crippen LogP contribution in [0.4, 0.5) is 13.2 Å². The Bertz CT molecular complexity index is 820. The summed E-state index contributed by atoms with van der Waals surface area (Å²) in [5.74, 6) is 0.808. The quantitative estimate of drug-likeness (QED) is 0.424. The van der Waals surface area contributed by atoms with Gasteiger partial charge in [0.2, 0.25) is 5.91 Å². The fourth-order valence-corrected chi connectivity index (χ4v) is 2.74. The topological polar surface area (TPSA) is 78.7 Å². The number of aliphatic imine (C=N–C) groups is 1. The molecule has 0 saturated heterocycles. The Hall–Kier alpha value is -2.97. The fourth-order valence-electron chi connectivity index (χ4n) is 2.74. The number of nitrogens with one attached hydrogen (secondary N) is 3. The smallest absolute Gasteiger partial charge is 0.416 e. The molecule has 9 heteroatoms. The maximum absolute atomic E-state index is 12.9. The molecule has 0 radical (unpaired) electrons. The first-order valence-electron chi connectivity index (χ1n) is 9.78. The Morgan fingerprint density at radius 1 is 1.17 bits per heavy atom. The summed E-state index contributed by atoms with van der Waals surface area (Å²) >= 11 is 0. The van der Waals surface area contributed by atoms with Gasteiger partial charge in [0.05, 0.1) is 18.4 Å². The second-order valence-corrected chi connectivity index (χ2v) is 6.79. The van der Waals surface area contributed by atoms with Crippen molar-refractivity contribution in [3.05, 3.63) is 59.5 Å². The fraction of sp³-hybridized carbons (Fsp3) is 0.429. The molecule has 30 heavy (non-hydrogen) atoms. The number of alkyl halides is 3. The zero-order valence-corrected chi connectivity index (χ0v) is 17.1. The normalized spacial score (nSPS) is 13.0. The number of carbonyl (C=O) groups is 1. The van der Waals surface area contributed by atoms with Gasteiger partial charge in [0, 0.05) is 13.1 Å². The van der Waals surface area contributed by atoms with Crippen LogP contribution in [0.2, 0.25) is 0 Å². The lowest BCUT2D eigenvalue weighted by Crippen LogP contribution is -2.39. The van der Waals surface area contributed by atoms with Crippen molar-refractivity contribution < 1.29 is 22.4 Å². The molecule has 1 aromatic heterocycles. The van der Waals surface area contributed by atoms with E-state index in [0.717, 1.165) is 6.07 Å². The summed E-state index contributed by atoms with van der Waals surface area (Å²) < 4.78 is 43.8. The summed E-state index contributed by atoms with van der Waals surface area (Å²) in [6, 6.07) is 8.89. The molecule has 1 aromatic carbocycles. The first-order chi connectivity index (χ1) is 14.3. The summed E-state index contributed by atoms with van der Waals surface area (Å²) in [6.45, 7) is 5.13. The van der Waals surface area contributed by atoms with Gasteiger partial charge in [0.1, 0.15) is 12.3 Å². The van der Waals surface area contributed by atoms with Gasteiger partial charge in [-0.15, -0.1) is 0 Å². The molecule has 1 heterocycles. The Morgan fingerprint density at radius 3 is 2.63 bits per heavy atom. The van der Waals surface area contributed by atoms with Crippen LogP contribution in [0, 0.1) is 0 Å². The number of amides is 1. The molecule has 1 unspecified atom stereocenters. The lowest BCUT2D eigenvalue weighted by atomic mass is 9.96. The lowest BCUT2D eigenvalue weighted by molar-refractivity contribution is -0.137. The zero-order chi connectivity index (χ0) is 22.0. The number of furan rings is 1. The van der Waals surface area contributed by atoms with Gasteiger partial charge < -0.3 is 20.4 Å². The monoisotopic (exact) mass is 424 g/mol. The lowest BCUT2D eigenvalue weighted by Gasteiger charge is -2.16. The highest BCUT2D eigenvalue weighted by atomic mass is 19.4. The largest absolute Gasteiger partial charge is 0.467 e. The van der Waals surface area contributed by atoms with E-state index in [9.17, 15) is 18.0 Å². The van der Waals surface area contributed by atoms with Gasteiger partial charge >= 0.3 is 6.18 Å². The highest BCUT2D eigenvalue weighted by Gasteiger charge is 2.30. The van der Waals surface area contributed by atoms with Gasteiger partial charge in [-0.3, -0.25) is 4.79 Å².